The molecule has 4 heteroatoms. The number of nitrogens with one attached hydrogen (secondary N) is 1. The summed E-state index contributed by atoms with van der Waals surface area (Å²) in [7, 11) is 1.40. The molecule has 1 heterocycles. The van der Waals surface area contributed by atoms with E-state index in [9.17, 15) is 4.79 Å². The van der Waals surface area contributed by atoms with E-state index >= 15 is 0 Å². The van der Waals surface area contributed by atoms with Crippen LogP contribution >= 0.6 is 0 Å². The molecule has 0 saturated heterocycles. The van der Waals surface area contributed by atoms with Crippen LogP contribution in [0.4, 0.5) is 5.82 Å². The van der Waals surface area contributed by atoms with Gasteiger partial charge in [0, 0.05) is 11.6 Å². The Hall–Kier alpha value is -2.10. The van der Waals surface area contributed by atoms with E-state index in [4.69, 9.17) is 4.74 Å². The number of methoxy groups -OCH3 is 1. The Morgan fingerprint density at radius 1 is 1.25 bits per heavy atom. The van der Waals surface area contributed by atoms with Crippen molar-refractivity contribution in [3.63, 3.8) is 0 Å². The number of aromatic nitrogens is 1. The van der Waals surface area contributed by atoms with Crippen LogP contribution in [0.15, 0.2) is 30.5 Å². The van der Waals surface area contributed by atoms with Gasteiger partial charge in [-0.1, -0.05) is 38.1 Å². The van der Waals surface area contributed by atoms with E-state index in [2.05, 4.69) is 16.4 Å². The number of rotatable bonds is 4. The molecular weight excluding hydrogens is 252 g/mol. The number of pyridine rings is 1. The first kappa shape index (κ1) is 14.3. The Balaban J connectivity index is 2.43. The lowest BCUT2D eigenvalue weighted by Gasteiger charge is -2.21. The first-order valence-corrected chi connectivity index (χ1v) is 6.73. The number of fused-ring (bicyclic) bond motifs is 1. The number of hydrogen-bond acceptors (Lipinski definition) is 4. The number of benzene rings is 1. The molecule has 0 aliphatic heterocycles. The van der Waals surface area contributed by atoms with E-state index in [1.54, 1.807) is 0 Å². The SMILES string of the molecule is COC(=O)C(Nc1ncc(C)c2ccccc12)C(C)C. The third kappa shape index (κ3) is 2.74. The summed E-state index contributed by atoms with van der Waals surface area (Å²) in [6, 6.07) is 7.63. The third-order valence-corrected chi connectivity index (χ3v) is 3.41. The zero-order valence-electron chi connectivity index (χ0n) is 12.3. The number of esters is 1. The van der Waals surface area contributed by atoms with Crippen LogP contribution < -0.4 is 5.32 Å². The Morgan fingerprint density at radius 2 is 1.90 bits per heavy atom. The van der Waals surface area contributed by atoms with E-state index in [1.807, 2.05) is 45.2 Å². The lowest BCUT2D eigenvalue weighted by molar-refractivity contribution is -0.142. The topological polar surface area (TPSA) is 51.2 Å². The lowest BCUT2D eigenvalue weighted by Crippen LogP contribution is -2.35. The van der Waals surface area contributed by atoms with Crippen molar-refractivity contribution in [1.29, 1.82) is 0 Å². The Labute approximate surface area is 119 Å². The second-order valence-electron chi connectivity index (χ2n) is 5.22. The molecule has 0 amide bonds. The fourth-order valence-electron chi connectivity index (χ4n) is 2.22. The Bertz CT molecular complexity index is 623. The molecule has 0 spiro atoms. The maximum atomic E-state index is 11.8. The van der Waals surface area contributed by atoms with Crippen molar-refractivity contribution in [2.24, 2.45) is 5.92 Å². The van der Waals surface area contributed by atoms with Crippen molar-refractivity contribution in [2.75, 3.05) is 12.4 Å². The Kier molecular flexibility index (Phi) is 4.23. The van der Waals surface area contributed by atoms with Crippen molar-refractivity contribution in [2.45, 2.75) is 26.8 Å². The highest BCUT2D eigenvalue weighted by Crippen LogP contribution is 2.25. The van der Waals surface area contributed by atoms with Crippen LogP contribution in [0.5, 0.6) is 0 Å². The van der Waals surface area contributed by atoms with Crippen LogP contribution in [-0.4, -0.2) is 24.1 Å². The molecule has 0 saturated carbocycles. The van der Waals surface area contributed by atoms with E-state index in [0.717, 1.165) is 22.2 Å². The minimum atomic E-state index is -0.404. The average Bonchev–Trinajstić information content (AvgIpc) is 2.46. The zero-order valence-corrected chi connectivity index (χ0v) is 12.3. The van der Waals surface area contributed by atoms with Gasteiger partial charge in [-0.2, -0.15) is 0 Å². The molecule has 1 aromatic carbocycles. The number of anilines is 1. The molecule has 0 fully saturated rings. The lowest BCUT2D eigenvalue weighted by atomic mass is 10.0. The summed E-state index contributed by atoms with van der Waals surface area (Å²) in [5.74, 6) is 0.561. The first-order chi connectivity index (χ1) is 9.54. The standard InChI is InChI=1S/C16H20N2O2/c1-10(2)14(16(19)20-4)18-15-13-8-6-5-7-12(13)11(3)9-17-15/h5-10,14H,1-4H3,(H,17,18). The van der Waals surface area contributed by atoms with Crippen molar-refractivity contribution >= 4 is 22.6 Å². The largest absolute Gasteiger partial charge is 0.467 e. The van der Waals surface area contributed by atoms with Crippen LogP contribution in [0.25, 0.3) is 10.8 Å². The van der Waals surface area contributed by atoms with Gasteiger partial charge in [0.1, 0.15) is 11.9 Å². The molecule has 0 aliphatic carbocycles. The molecule has 1 aromatic heterocycles. The molecule has 2 aromatic rings. The molecule has 4 nitrogen and oxygen atoms in total. The van der Waals surface area contributed by atoms with Crippen molar-refractivity contribution in [1.82, 2.24) is 4.98 Å². The van der Waals surface area contributed by atoms with Crippen molar-refractivity contribution < 1.29 is 9.53 Å². The molecule has 0 radical (unpaired) electrons. The molecule has 20 heavy (non-hydrogen) atoms. The van der Waals surface area contributed by atoms with Crippen molar-refractivity contribution in [3.05, 3.63) is 36.0 Å². The fourth-order valence-corrected chi connectivity index (χ4v) is 2.22. The highest BCUT2D eigenvalue weighted by Gasteiger charge is 2.23. The fraction of sp³-hybridized carbons (Fsp3) is 0.375. The number of nitrogens with zero attached hydrogens (tertiary/aromatic N) is 1. The summed E-state index contributed by atoms with van der Waals surface area (Å²) >= 11 is 0. The smallest absolute Gasteiger partial charge is 0.328 e. The minimum absolute atomic E-state index is 0.115. The van der Waals surface area contributed by atoms with Crippen LogP contribution in [0, 0.1) is 12.8 Å². The zero-order chi connectivity index (χ0) is 14.7. The second-order valence-corrected chi connectivity index (χ2v) is 5.22. The monoisotopic (exact) mass is 272 g/mol. The summed E-state index contributed by atoms with van der Waals surface area (Å²) in [6.45, 7) is 5.98. The molecule has 106 valence electrons. The molecule has 0 bridgehead atoms. The first-order valence-electron chi connectivity index (χ1n) is 6.73. The summed E-state index contributed by atoms with van der Waals surface area (Å²) < 4.78 is 4.85. The normalized spacial score (nSPS) is 12.4. The average molecular weight is 272 g/mol. The molecule has 2 rings (SSSR count). The van der Waals surface area contributed by atoms with Crippen LogP contribution in [0.2, 0.25) is 0 Å². The number of hydrogen-bond donors (Lipinski definition) is 1. The van der Waals surface area contributed by atoms with E-state index in [-0.39, 0.29) is 11.9 Å². The maximum Gasteiger partial charge on any atom is 0.328 e. The van der Waals surface area contributed by atoms with Gasteiger partial charge in [-0.05, 0) is 23.8 Å². The highest BCUT2D eigenvalue weighted by atomic mass is 16.5. The maximum absolute atomic E-state index is 11.8. The number of carbonyl (C=O) groups is 1. The van der Waals surface area contributed by atoms with Gasteiger partial charge in [0.25, 0.3) is 0 Å². The molecule has 1 N–H and O–H groups in total. The number of aryl methyl sites for hydroxylation is 1. The molecule has 1 atom stereocenters. The van der Waals surface area contributed by atoms with Gasteiger partial charge in [0.2, 0.25) is 0 Å². The molecular formula is C16H20N2O2. The van der Waals surface area contributed by atoms with Crippen molar-refractivity contribution in [3.8, 4) is 0 Å². The van der Waals surface area contributed by atoms with Gasteiger partial charge in [-0.15, -0.1) is 0 Å². The van der Waals surface area contributed by atoms with Gasteiger partial charge in [-0.3, -0.25) is 0 Å². The Morgan fingerprint density at radius 3 is 2.50 bits per heavy atom. The summed E-state index contributed by atoms with van der Waals surface area (Å²) in [4.78, 5) is 16.3. The predicted molar refractivity (Wildman–Crippen MR) is 80.7 cm³/mol. The van der Waals surface area contributed by atoms with Gasteiger partial charge < -0.3 is 10.1 Å². The van der Waals surface area contributed by atoms with E-state index in [1.165, 1.54) is 7.11 Å². The van der Waals surface area contributed by atoms with Gasteiger partial charge >= 0.3 is 5.97 Å². The third-order valence-electron chi connectivity index (χ3n) is 3.41. The predicted octanol–water partition coefficient (Wildman–Crippen LogP) is 3.15. The number of ether oxygens (including phenoxy) is 1. The minimum Gasteiger partial charge on any atom is -0.467 e. The van der Waals surface area contributed by atoms with Gasteiger partial charge in [0.05, 0.1) is 7.11 Å². The summed E-state index contributed by atoms with van der Waals surface area (Å²) in [5, 5.41) is 5.37. The van der Waals surface area contributed by atoms with Gasteiger partial charge in [-0.25, -0.2) is 9.78 Å². The highest BCUT2D eigenvalue weighted by molar-refractivity contribution is 5.95. The van der Waals surface area contributed by atoms with Crippen LogP contribution in [0.1, 0.15) is 19.4 Å². The molecule has 0 aliphatic rings. The second kappa shape index (κ2) is 5.90. The van der Waals surface area contributed by atoms with Crippen LogP contribution in [0.3, 0.4) is 0 Å². The quantitative estimate of drug-likeness (QED) is 0.869. The van der Waals surface area contributed by atoms with Crippen LogP contribution in [-0.2, 0) is 9.53 Å². The van der Waals surface area contributed by atoms with E-state index in [0.29, 0.717) is 0 Å². The number of carbonyl (C=O) groups excluding carboxylic acids is 1. The summed E-state index contributed by atoms with van der Waals surface area (Å²) in [5.41, 5.74) is 1.12. The van der Waals surface area contributed by atoms with E-state index < -0.39 is 6.04 Å². The molecule has 1 unspecified atom stereocenters. The summed E-state index contributed by atoms with van der Waals surface area (Å²) in [6.07, 6.45) is 1.82. The van der Waals surface area contributed by atoms with Gasteiger partial charge in [0.15, 0.2) is 0 Å².